The average Bonchev–Trinajstić information content (AvgIpc) is 3.32. The van der Waals surface area contributed by atoms with Crippen molar-refractivity contribution in [3.05, 3.63) is 101 Å². The first-order valence-corrected chi connectivity index (χ1v) is 10.9. The molecule has 0 saturated heterocycles. The second-order valence-electron chi connectivity index (χ2n) is 8.09. The molecular formula is C26H25ClN4O. The zero-order valence-electron chi connectivity index (χ0n) is 18.3. The van der Waals surface area contributed by atoms with Crippen molar-refractivity contribution < 1.29 is 4.79 Å². The minimum absolute atomic E-state index is 0.112. The zero-order valence-corrected chi connectivity index (χ0v) is 19.1. The molecule has 4 aromatic rings. The highest BCUT2D eigenvalue weighted by Crippen LogP contribution is 2.33. The number of amides is 1. The SMILES string of the molecule is Cc1cc(C(=O)NCc2cc(Cl)ccc2-n2cncn2)c(C(C)C)c(-c2ccccc2)c1. The molecule has 3 aromatic carbocycles. The van der Waals surface area contributed by atoms with Gasteiger partial charge in [-0.2, -0.15) is 5.10 Å². The van der Waals surface area contributed by atoms with E-state index in [4.69, 9.17) is 11.6 Å². The number of aromatic nitrogens is 3. The molecule has 0 unspecified atom stereocenters. The predicted octanol–water partition coefficient (Wildman–Crippen LogP) is 5.95. The Kier molecular flexibility index (Phi) is 6.37. The summed E-state index contributed by atoms with van der Waals surface area (Å²) in [5.74, 6) is 0.0718. The molecule has 0 aliphatic rings. The standard InChI is InChI=1S/C26H25ClN4O/c1-17(2)25-22(19-7-5-4-6-8-19)11-18(3)12-23(25)26(32)29-14-20-13-21(27)9-10-24(20)31-16-28-15-30-31/h4-13,15-17H,14H2,1-3H3,(H,29,32). The van der Waals surface area contributed by atoms with Crippen LogP contribution in [0.1, 0.15) is 46.8 Å². The van der Waals surface area contributed by atoms with Gasteiger partial charge in [0.25, 0.3) is 5.91 Å². The van der Waals surface area contributed by atoms with E-state index >= 15 is 0 Å². The smallest absolute Gasteiger partial charge is 0.251 e. The third kappa shape index (κ3) is 4.58. The summed E-state index contributed by atoms with van der Waals surface area (Å²) in [7, 11) is 0. The lowest BCUT2D eigenvalue weighted by Gasteiger charge is -2.20. The summed E-state index contributed by atoms with van der Waals surface area (Å²) in [5.41, 5.74) is 6.67. The van der Waals surface area contributed by atoms with Crippen molar-refractivity contribution in [2.24, 2.45) is 0 Å². The summed E-state index contributed by atoms with van der Waals surface area (Å²) >= 11 is 6.23. The number of benzene rings is 3. The monoisotopic (exact) mass is 444 g/mol. The molecule has 0 aliphatic carbocycles. The van der Waals surface area contributed by atoms with Gasteiger partial charge in [-0.05, 0) is 64.9 Å². The molecule has 0 atom stereocenters. The van der Waals surface area contributed by atoms with Crippen LogP contribution < -0.4 is 5.32 Å². The fraction of sp³-hybridized carbons (Fsp3) is 0.192. The first-order valence-electron chi connectivity index (χ1n) is 10.6. The van der Waals surface area contributed by atoms with Crippen LogP contribution in [0.25, 0.3) is 16.8 Å². The van der Waals surface area contributed by atoms with Crippen LogP contribution in [0.5, 0.6) is 0 Å². The first-order chi connectivity index (χ1) is 15.4. The number of carbonyl (C=O) groups excluding carboxylic acids is 1. The van der Waals surface area contributed by atoms with Crippen LogP contribution in [-0.4, -0.2) is 20.7 Å². The predicted molar refractivity (Wildman–Crippen MR) is 128 cm³/mol. The number of hydrogen-bond donors (Lipinski definition) is 1. The van der Waals surface area contributed by atoms with Crippen LogP contribution in [0.2, 0.25) is 5.02 Å². The van der Waals surface area contributed by atoms with E-state index in [0.717, 1.165) is 33.5 Å². The number of hydrogen-bond acceptors (Lipinski definition) is 3. The number of rotatable bonds is 6. The van der Waals surface area contributed by atoms with Crippen LogP contribution in [-0.2, 0) is 6.54 Å². The lowest BCUT2D eigenvalue weighted by molar-refractivity contribution is 0.0949. The van der Waals surface area contributed by atoms with Gasteiger partial charge in [-0.3, -0.25) is 4.79 Å². The fourth-order valence-corrected chi connectivity index (χ4v) is 4.18. The third-order valence-corrected chi connectivity index (χ3v) is 5.61. The number of halogens is 1. The molecule has 4 rings (SSSR count). The topological polar surface area (TPSA) is 59.8 Å². The van der Waals surface area contributed by atoms with E-state index in [9.17, 15) is 4.79 Å². The van der Waals surface area contributed by atoms with Gasteiger partial charge in [-0.15, -0.1) is 0 Å². The van der Waals surface area contributed by atoms with Gasteiger partial charge < -0.3 is 5.32 Å². The molecule has 6 heteroatoms. The normalized spacial score (nSPS) is 11.0. The van der Waals surface area contributed by atoms with E-state index in [0.29, 0.717) is 17.1 Å². The van der Waals surface area contributed by atoms with E-state index in [-0.39, 0.29) is 11.8 Å². The van der Waals surface area contributed by atoms with Crippen LogP contribution >= 0.6 is 11.6 Å². The Balaban J connectivity index is 1.68. The van der Waals surface area contributed by atoms with Gasteiger partial charge in [0.15, 0.2) is 0 Å². The lowest BCUT2D eigenvalue weighted by Crippen LogP contribution is -2.25. The Hall–Kier alpha value is -3.44. The van der Waals surface area contributed by atoms with E-state index in [2.05, 4.69) is 47.4 Å². The molecule has 0 radical (unpaired) electrons. The van der Waals surface area contributed by atoms with Crippen LogP contribution in [0.3, 0.4) is 0 Å². The molecular weight excluding hydrogens is 420 g/mol. The largest absolute Gasteiger partial charge is 0.348 e. The summed E-state index contributed by atoms with van der Waals surface area (Å²) in [6.07, 6.45) is 3.10. The maximum Gasteiger partial charge on any atom is 0.251 e. The number of aryl methyl sites for hydroxylation is 1. The molecule has 0 bridgehead atoms. The highest BCUT2D eigenvalue weighted by Gasteiger charge is 2.20. The first kappa shape index (κ1) is 21.8. The second-order valence-corrected chi connectivity index (χ2v) is 8.53. The van der Waals surface area contributed by atoms with Crippen molar-refractivity contribution in [1.29, 1.82) is 0 Å². The Morgan fingerprint density at radius 3 is 2.56 bits per heavy atom. The van der Waals surface area contributed by atoms with E-state index in [1.54, 1.807) is 17.1 Å². The van der Waals surface area contributed by atoms with Gasteiger partial charge in [0.05, 0.1) is 5.69 Å². The van der Waals surface area contributed by atoms with Crippen molar-refractivity contribution in [2.75, 3.05) is 0 Å². The maximum atomic E-state index is 13.4. The van der Waals surface area contributed by atoms with Gasteiger partial charge in [0.1, 0.15) is 12.7 Å². The summed E-state index contributed by atoms with van der Waals surface area (Å²) in [4.78, 5) is 17.4. The molecule has 0 saturated carbocycles. The average molecular weight is 445 g/mol. The second kappa shape index (κ2) is 9.37. The molecule has 0 fully saturated rings. The fourth-order valence-electron chi connectivity index (χ4n) is 3.99. The van der Waals surface area contributed by atoms with E-state index < -0.39 is 0 Å². The number of nitrogens with one attached hydrogen (secondary N) is 1. The minimum Gasteiger partial charge on any atom is -0.348 e. The molecule has 1 N–H and O–H groups in total. The van der Waals surface area contributed by atoms with Crippen molar-refractivity contribution in [1.82, 2.24) is 20.1 Å². The Morgan fingerprint density at radius 2 is 1.88 bits per heavy atom. The summed E-state index contributed by atoms with van der Waals surface area (Å²) in [6.45, 7) is 6.58. The molecule has 1 amide bonds. The van der Waals surface area contributed by atoms with Crippen LogP contribution in [0.4, 0.5) is 0 Å². The Labute approximate surface area is 193 Å². The van der Waals surface area contributed by atoms with Crippen molar-refractivity contribution in [2.45, 2.75) is 33.2 Å². The quantitative estimate of drug-likeness (QED) is 0.399. The summed E-state index contributed by atoms with van der Waals surface area (Å²) in [6, 6.07) is 19.8. The lowest BCUT2D eigenvalue weighted by atomic mass is 9.86. The van der Waals surface area contributed by atoms with E-state index in [1.807, 2.05) is 43.3 Å². The third-order valence-electron chi connectivity index (χ3n) is 5.38. The van der Waals surface area contributed by atoms with Gasteiger partial charge >= 0.3 is 0 Å². The van der Waals surface area contributed by atoms with Crippen LogP contribution in [0, 0.1) is 6.92 Å². The Bertz CT molecular complexity index is 1230. The van der Waals surface area contributed by atoms with Gasteiger partial charge in [0.2, 0.25) is 0 Å². The Morgan fingerprint density at radius 1 is 1.09 bits per heavy atom. The molecule has 0 aliphatic heterocycles. The van der Waals surface area contributed by atoms with Gasteiger partial charge in [0, 0.05) is 17.1 Å². The van der Waals surface area contributed by atoms with Crippen molar-refractivity contribution >= 4 is 17.5 Å². The van der Waals surface area contributed by atoms with Gasteiger partial charge in [-0.25, -0.2) is 9.67 Å². The molecule has 32 heavy (non-hydrogen) atoms. The van der Waals surface area contributed by atoms with E-state index in [1.165, 1.54) is 6.33 Å². The van der Waals surface area contributed by atoms with Crippen molar-refractivity contribution in [3.63, 3.8) is 0 Å². The minimum atomic E-state index is -0.112. The maximum absolute atomic E-state index is 13.4. The van der Waals surface area contributed by atoms with Gasteiger partial charge in [-0.1, -0.05) is 61.8 Å². The van der Waals surface area contributed by atoms with Crippen LogP contribution in [0.15, 0.2) is 73.3 Å². The molecule has 1 aromatic heterocycles. The molecule has 5 nitrogen and oxygen atoms in total. The molecule has 0 spiro atoms. The highest BCUT2D eigenvalue weighted by molar-refractivity contribution is 6.30. The summed E-state index contributed by atoms with van der Waals surface area (Å²) in [5, 5.41) is 7.89. The van der Waals surface area contributed by atoms with Crippen molar-refractivity contribution in [3.8, 4) is 16.8 Å². The highest BCUT2D eigenvalue weighted by atomic mass is 35.5. The summed E-state index contributed by atoms with van der Waals surface area (Å²) < 4.78 is 1.66. The molecule has 162 valence electrons. The zero-order chi connectivity index (χ0) is 22.7. The number of carbonyl (C=O) groups is 1. The number of nitrogens with zero attached hydrogens (tertiary/aromatic N) is 3. The molecule has 1 heterocycles.